The molecule has 0 bridgehead atoms. The van der Waals surface area contributed by atoms with E-state index < -0.39 is 29.3 Å². The van der Waals surface area contributed by atoms with Gasteiger partial charge in [-0.2, -0.15) is 4.98 Å². The minimum atomic E-state index is -1.03. The summed E-state index contributed by atoms with van der Waals surface area (Å²) in [4.78, 5) is 57.3. The Bertz CT molecular complexity index is 1330. The molecule has 0 spiro atoms. The molecule has 2 amide bonds. The molecule has 10 nitrogen and oxygen atoms in total. The smallest absolute Gasteiger partial charge is 0.338 e. The summed E-state index contributed by atoms with van der Waals surface area (Å²) in [7, 11) is 0. The first-order chi connectivity index (χ1) is 17.3. The highest BCUT2D eigenvalue weighted by atomic mass is 16.5. The van der Waals surface area contributed by atoms with E-state index in [0.717, 1.165) is 18.4 Å². The number of fused-ring (bicyclic) bond motifs is 1. The van der Waals surface area contributed by atoms with Crippen molar-refractivity contribution in [2.24, 2.45) is 0 Å². The summed E-state index contributed by atoms with van der Waals surface area (Å²) < 4.78 is 5.18. The van der Waals surface area contributed by atoms with E-state index in [1.165, 1.54) is 0 Å². The van der Waals surface area contributed by atoms with E-state index in [-0.39, 0.29) is 23.8 Å². The van der Waals surface area contributed by atoms with Gasteiger partial charge in [0, 0.05) is 17.8 Å². The van der Waals surface area contributed by atoms with Crippen molar-refractivity contribution in [3.8, 4) is 0 Å². The van der Waals surface area contributed by atoms with E-state index in [2.05, 4.69) is 25.9 Å². The third-order valence-electron chi connectivity index (χ3n) is 5.70. The number of carbonyl (C=O) groups is 3. The molecular formula is C26H27N5O5. The zero-order chi connectivity index (χ0) is 25.7. The predicted molar refractivity (Wildman–Crippen MR) is 136 cm³/mol. The van der Waals surface area contributed by atoms with Crippen molar-refractivity contribution in [1.82, 2.24) is 9.97 Å². The van der Waals surface area contributed by atoms with Crippen LogP contribution in [0.3, 0.4) is 0 Å². The van der Waals surface area contributed by atoms with Gasteiger partial charge in [-0.25, -0.2) is 4.79 Å². The van der Waals surface area contributed by atoms with Crippen LogP contribution in [0.2, 0.25) is 0 Å². The van der Waals surface area contributed by atoms with E-state index in [4.69, 9.17) is 4.74 Å². The molecule has 0 aliphatic carbocycles. The standard InChI is InChI=1S/C26H27N5O5/c1-3-4-13-36-25(35)16-7-11-17(12-8-16)27-23(33)19-14-20(32)29-22-21(19)24(34)31-26(30-22)28-18-9-5-15(2)6-10-18/h5-12,19H,3-4,13-14H2,1-2H3,(H,27,33)(H3,28,29,30,31,32,34)/t19-/m0/s1. The summed E-state index contributed by atoms with van der Waals surface area (Å²) in [5, 5.41) is 8.29. The molecule has 0 saturated carbocycles. The second-order valence-electron chi connectivity index (χ2n) is 8.53. The Labute approximate surface area is 207 Å². The minimum absolute atomic E-state index is 0.0370. The van der Waals surface area contributed by atoms with Gasteiger partial charge in [-0.3, -0.25) is 19.4 Å². The predicted octanol–water partition coefficient (Wildman–Crippen LogP) is 3.84. The molecule has 3 aromatic rings. The van der Waals surface area contributed by atoms with Crippen LogP contribution in [0.5, 0.6) is 0 Å². The molecule has 1 aromatic heterocycles. The number of hydrogen-bond donors (Lipinski definition) is 4. The molecule has 1 aliphatic rings. The lowest BCUT2D eigenvalue weighted by Gasteiger charge is -2.23. The number of nitrogens with one attached hydrogen (secondary N) is 4. The Hall–Kier alpha value is -4.47. The Morgan fingerprint density at radius 1 is 1.06 bits per heavy atom. The number of aromatic amines is 1. The highest BCUT2D eigenvalue weighted by Gasteiger charge is 2.34. The molecule has 0 unspecified atom stereocenters. The summed E-state index contributed by atoms with van der Waals surface area (Å²) >= 11 is 0. The topological polar surface area (TPSA) is 142 Å². The second-order valence-corrected chi connectivity index (χ2v) is 8.53. The highest BCUT2D eigenvalue weighted by molar-refractivity contribution is 6.04. The van der Waals surface area contributed by atoms with Gasteiger partial charge < -0.3 is 20.7 Å². The fourth-order valence-electron chi connectivity index (χ4n) is 3.74. The number of aryl methyl sites for hydroxylation is 1. The largest absolute Gasteiger partial charge is 0.462 e. The maximum Gasteiger partial charge on any atom is 0.338 e. The van der Waals surface area contributed by atoms with E-state index in [0.29, 0.717) is 23.5 Å². The van der Waals surface area contributed by atoms with Gasteiger partial charge in [0.1, 0.15) is 5.82 Å². The first-order valence-electron chi connectivity index (χ1n) is 11.7. The van der Waals surface area contributed by atoms with Gasteiger partial charge in [-0.05, 0) is 49.7 Å². The Morgan fingerprint density at radius 2 is 1.75 bits per heavy atom. The number of amides is 2. The monoisotopic (exact) mass is 489 g/mol. The highest BCUT2D eigenvalue weighted by Crippen LogP contribution is 2.30. The lowest BCUT2D eigenvalue weighted by molar-refractivity contribution is -0.123. The summed E-state index contributed by atoms with van der Waals surface area (Å²) in [5.41, 5.74) is 2.12. The minimum Gasteiger partial charge on any atom is -0.462 e. The van der Waals surface area contributed by atoms with Gasteiger partial charge in [-0.1, -0.05) is 31.0 Å². The van der Waals surface area contributed by atoms with Crippen molar-refractivity contribution in [1.29, 1.82) is 0 Å². The van der Waals surface area contributed by atoms with Crippen LogP contribution in [0.4, 0.5) is 23.1 Å². The molecule has 0 saturated heterocycles. The summed E-state index contributed by atoms with van der Waals surface area (Å²) in [6.07, 6.45) is 1.51. The van der Waals surface area contributed by atoms with Gasteiger partial charge in [-0.15, -0.1) is 0 Å². The Morgan fingerprint density at radius 3 is 2.44 bits per heavy atom. The Kier molecular flexibility index (Phi) is 7.43. The van der Waals surface area contributed by atoms with Crippen LogP contribution in [0.15, 0.2) is 53.3 Å². The molecule has 2 aromatic carbocycles. The maximum absolute atomic E-state index is 13.1. The van der Waals surface area contributed by atoms with Gasteiger partial charge in [0.2, 0.25) is 17.8 Å². The van der Waals surface area contributed by atoms with Crippen LogP contribution in [0, 0.1) is 6.92 Å². The SMILES string of the molecule is CCCCOC(=O)c1ccc(NC(=O)[C@H]2CC(=O)Nc3nc(Nc4ccc(C)cc4)[nH]c(=O)c32)cc1. The average Bonchev–Trinajstić information content (AvgIpc) is 2.85. The molecule has 0 fully saturated rings. The number of esters is 1. The summed E-state index contributed by atoms with van der Waals surface area (Å²) in [6, 6.07) is 13.7. The number of benzene rings is 2. The molecule has 4 N–H and O–H groups in total. The van der Waals surface area contributed by atoms with E-state index in [9.17, 15) is 19.2 Å². The number of hydrogen-bond acceptors (Lipinski definition) is 7. The quantitative estimate of drug-likeness (QED) is 0.278. The molecule has 10 heteroatoms. The molecule has 4 rings (SSSR count). The van der Waals surface area contributed by atoms with Crippen LogP contribution >= 0.6 is 0 Å². The fraction of sp³-hybridized carbons (Fsp3) is 0.269. The van der Waals surface area contributed by atoms with Crippen LogP contribution in [0.25, 0.3) is 0 Å². The summed E-state index contributed by atoms with van der Waals surface area (Å²) in [5.74, 6) is -2.24. The third-order valence-corrected chi connectivity index (χ3v) is 5.70. The van der Waals surface area contributed by atoms with E-state index >= 15 is 0 Å². The molecule has 1 aliphatic heterocycles. The van der Waals surface area contributed by atoms with Crippen molar-refractivity contribution < 1.29 is 19.1 Å². The molecule has 2 heterocycles. The first kappa shape index (κ1) is 24.6. The average molecular weight is 490 g/mol. The van der Waals surface area contributed by atoms with Crippen molar-refractivity contribution in [2.45, 2.75) is 39.0 Å². The number of H-pyrrole nitrogens is 1. The van der Waals surface area contributed by atoms with Crippen molar-refractivity contribution in [3.63, 3.8) is 0 Å². The van der Waals surface area contributed by atoms with Gasteiger partial charge in [0.25, 0.3) is 5.56 Å². The number of carbonyl (C=O) groups excluding carboxylic acids is 3. The zero-order valence-electron chi connectivity index (χ0n) is 20.0. The lowest BCUT2D eigenvalue weighted by atomic mass is 9.92. The molecular weight excluding hydrogens is 462 g/mol. The molecule has 1 atom stereocenters. The first-order valence-corrected chi connectivity index (χ1v) is 11.7. The fourth-order valence-corrected chi connectivity index (χ4v) is 3.74. The zero-order valence-corrected chi connectivity index (χ0v) is 20.0. The van der Waals surface area contributed by atoms with Gasteiger partial charge in [0.15, 0.2) is 0 Å². The number of aromatic nitrogens is 2. The second kappa shape index (κ2) is 10.9. The molecule has 0 radical (unpaired) electrons. The van der Waals surface area contributed by atoms with Crippen LogP contribution in [-0.2, 0) is 14.3 Å². The van der Waals surface area contributed by atoms with E-state index in [1.807, 2.05) is 38.1 Å². The number of nitrogens with zero attached hydrogens (tertiary/aromatic N) is 1. The number of ether oxygens (including phenoxy) is 1. The van der Waals surface area contributed by atoms with Crippen LogP contribution in [-0.4, -0.2) is 34.4 Å². The van der Waals surface area contributed by atoms with Crippen LogP contribution < -0.4 is 21.5 Å². The number of rotatable bonds is 8. The number of unbranched alkanes of at least 4 members (excludes halogenated alkanes) is 1. The van der Waals surface area contributed by atoms with Gasteiger partial charge in [0.05, 0.1) is 23.7 Å². The number of anilines is 4. The maximum atomic E-state index is 13.1. The van der Waals surface area contributed by atoms with Crippen molar-refractivity contribution in [2.75, 3.05) is 22.6 Å². The summed E-state index contributed by atoms with van der Waals surface area (Å²) in [6.45, 7) is 4.31. The molecule has 36 heavy (non-hydrogen) atoms. The third kappa shape index (κ3) is 5.77. The van der Waals surface area contributed by atoms with E-state index in [1.54, 1.807) is 24.3 Å². The van der Waals surface area contributed by atoms with Crippen LogP contribution in [0.1, 0.15) is 53.6 Å². The van der Waals surface area contributed by atoms with Crippen molar-refractivity contribution in [3.05, 3.63) is 75.6 Å². The normalized spacial score (nSPS) is 14.4. The van der Waals surface area contributed by atoms with Gasteiger partial charge >= 0.3 is 5.97 Å². The van der Waals surface area contributed by atoms with Crippen molar-refractivity contribution >= 4 is 40.9 Å². The Balaban J connectivity index is 1.50. The lowest BCUT2D eigenvalue weighted by Crippen LogP contribution is -2.36. The molecule has 186 valence electrons.